The summed E-state index contributed by atoms with van der Waals surface area (Å²) in [7, 11) is 1.85. The van der Waals surface area contributed by atoms with E-state index in [1.54, 1.807) is 22.9 Å². The molecular formula is C21H32BN4O2S. The van der Waals surface area contributed by atoms with E-state index >= 15 is 0 Å². The van der Waals surface area contributed by atoms with Crippen LogP contribution in [0.15, 0.2) is 23.8 Å². The van der Waals surface area contributed by atoms with Crippen molar-refractivity contribution >= 4 is 35.7 Å². The predicted octanol–water partition coefficient (Wildman–Crippen LogP) is 4.54. The summed E-state index contributed by atoms with van der Waals surface area (Å²) >= 11 is 1.45. The van der Waals surface area contributed by atoms with E-state index in [4.69, 9.17) is 0 Å². The predicted molar refractivity (Wildman–Crippen MR) is 121 cm³/mol. The molecule has 2 aromatic rings. The first-order valence-corrected chi connectivity index (χ1v) is 11.3. The Hall–Kier alpha value is -2.09. The molecule has 2 atom stereocenters. The smallest absolute Gasteiger partial charge is 0.253 e. The lowest BCUT2D eigenvalue weighted by molar-refractivity contribution is -0.115. The van der Waals surface area contributed by atoms with Gasteiger partial charge in [-0.05, 0) is 31.0 Å². The third kappa shape index (κ3) is 7.35. The molecule has 157 valence electrons. The lowest BCUT2D eigenvalue weighted by atomic mass is 9.90. The Morgan fingerprint density at radius 1 is 1.28 bits per heavy atom. The lowest BCUT2D eigenvalue weighted by Gasteiger charge is -2.16. The highest BCUT2D eigenvalue weighted by Crippen LogP contribution is 2.31. The number of aromatic nitrogens is 2. The fraction of sp³-hybridized carbons (Fsp3) is 0.571. The topological polar surface area (TPSA) is 76.0 Å². The molecule has 0 aliphatic carbocycles. The van der Waals surface area contributed by atoms with Crippen molar-refractivity contribution in [2.75, 3.05) is 11.9 Å². The van der Waals surface area contributed by atoms with Crippen LogP contribution in [0.2, 0.25) is 6.82 Å². The Morgan fingerprint density at radius 2 is 2.07 bits per heavy atom. The second-order valence-corrected chi connectivity index (χ2v) is 8.35. The van der Waals surface area contributed by atoms with Crippen molar-refractivity contribution in [3.63, 3.8) is 0 Å². The molecule has 6 nitrogen and oxygen atoms in total. The zero-order valence-corrected chi connectivity index (χ0v) is 18.7. The number of amides is 2. The monoisotopic (exact) mass is 415 g/mol. The standard InChI is InChI=1S/C21H32BN4O2S/c1-5-7-16(9-8-15(3)6-2)18-14-29-21(24-18)25-19(27)12-23-20(28)17-10-11-26(13-17)22-4/h10-11,13-16H,5-9,12H2,1-4H3,(H,23,28)(H,24,25,27). The minimum absolute atomic E-state index is 0.0822. The molecule has 0 aromatic carbocycles. The third-order valence-corrected chi connectivity index (χ3v) is 5.99. The molecule has 0 saturated carbocycles. The molecule has 2 amide bonds. The van der Waals surface area contributed by atoms with Crippen molar-refractivity contribution in [2.45, 2.75) is 65.6 Å². The van der Waals surface area contributed by atoms with Crippen LogP contribution in [0.1, 0.15) is 74.8 Å². The summed E-state index contributed by atoms with van der Waals surface area (Å²) in [5.74, 6) is 0.624. The number of rotatable bonds is 12. The first-order chi connectivity index (χ1) is 14.0. The molecule has 0 bridgehead atoms. The van der Waals surface area contributed by atoms with Crippen LogP contribution in [-0.2, 0) is 4.79 Å². The molecule has 0 aliphatic rings. The molecule has 0 aliphatic heterocycles. The van der Waals surface area contributed by atoms with E-state index in [9.17, 15) is 9.59 Å². The van der Waals surface area contributed by atoms with E-state index in [1.165, 1.54) is 24.2 Å². The van der Waals surface area contributed by atoms with Crippen molar-refractivity contribution < 1.29 is 9.59 Å². The summed E-state index contributed by atoms with van der Waals surface area (Å²) in [5, 5.41) is 8.09. The maximum Gasteiger partial charge on any atom is 0.253 e. The van der Waals surface area contributed by atoms with Crippen molar-refractivity contribution in [1.82, 2.24) is 14.8 Å². The van der Waals surface area contributed by atoms with Gasteiger partial charge in [0.2, 0.25) is 13.3 Å². The van der Waals surface area contributed by atoms with Gasteiger partial charge in [-0.25, -0.2) is 4.98 Å². The van der Waals surface area contributed by atoms with E-state index in [1.807, 2.05) is 14.2 Å². The van der Waals surface area contributed by atoms with Crippen LogP contribution >= 0.6 is 11.3 Å². The van der Waals surface area contributed by atoms with Crippen LogP contribution in [0.3, 0.4) is 0 Å². The van der Waals surface area contributed by atoms with Gasteiger partial charge in [-0.2, -0.15) is 0 Å². The zero-order valence-electron chi connectivity index (χ0n) is 17.9. The number of hydrogen-bond acceptors (Lipinski definition) is 4. The highest BCUT2D eigenvalue weighted by atomic mass is 32.1. The second kappa shape index (κ2) is 11.8. The van der Waals surface area contributed by atoms with Crippen molar-refractivity contribution in [2.24, 2.45) is 5.92 Å². The van der Waals surface area contributed by atoms with Crippen molar-refractivity contribution in [3.05, 3.63) is 35.1 Å². The molecule has 0 spiro atoms. The molecule has 2 unspecified atom stereocenters. The number of nitrogens with one attached hydrogen (secondary N) is 2. The van der Waals surface area contributed by atoms with Gasteiger partial charge in [0.25, 0.3) is 5.91 Å². The Kier molecular flexibility index (Phi) is 9.44. The van der Waals surface area contributed by atoms with Crippen molar-refractivity contribution in [3.8, 4) is 0 Å². The van der Waals surface area contributed by atoms with Gasteiger partial charge in [-0.3, -0.25) is 9.59 Å². The Bertz CT molecular complexity index is 789. The van der Waals surface area contributed by atoms with Crippen LogP contribution < -0.4 is 10.6 Å². The average molecular weight is 415 g/mol. The molecule has 2 rings (SSSR count). The fourth-order valence-corrected chi connectivity index (χ4v) is 3.95. The summed E-state index contributed by atoms with van der Waals surface area (Å²) in [6.07, 6.45) is 9.26. The number of thiazole rings is 1. The fourth-order valence-electron chi connectivity index (χ4n) is 3.14. The van der Waals surface area contributed by atoms with E-state index in [0.717, 1.165) is 30.9 Å². The normalized spacial score (nSPS) is 13.0. The number of carbonyl (C=O) groups is 2. The maximum atomic E-state index is 12.2. The van der Waals surface area contributed by atoms with Gasteiger partial charge in [0, 0.05) is 17.5 Å². The molecule has 1 radical (unpaired) electrons. The molecule has 29 heavy (non-hydrogen) atoms. The minimum atomic E-state index is -0.271. The first-order valence-electron chi connectivity index (χ1n) is 10.5. The van der Waals surface area contributed by atoms with Crippen LogP contribution in [-0.4, -0.2) is 35.2 Å². The van der Waals surface area contributed by atoms with Gasteiger partial charge < -0.3 is 15.1 Å². The second-order valence-electron chi connectivity index (χ2n) is 7.49. The number of anilines is 1. The first kappa shape index (κ1) is 23.2. The van der Waals surface area contributed by atoms with Crippen LogP contribution in [0.4, 0.5) is 5.13 Å². The molecule has 8 heteroatoms. The summed E-state index contributed by atoms with van der Waals surface area (Å²) in [4.78, 5) is 29.0. The van der Waals surface area contributed by atoms with Gasteiger partial charge in [-0.1, -0.05) is 46.9 Å². The number of nitrogens with zero attached hydrogens (tertiary/aromatic N) is 2. The summed E-state index contributed by atoms with van der Waals surface area (Å²) in [6.45, 7) is 8.51. The Balaban J connectivity index is 1.85. The maximum absolute atomic E-state index is 12.2. The van der Waals surface area contributed by atoms with Gasteiger partial charge >= 0.3 is 0 Å². The summed E-state index contributed by atoms with van der Waals surface area (Å²) in [5.41, 5.74) is 1.59. The van der Waals surface area contributed by atoms with E-state index in [0.29, 0.717) is 16.6 Å². The molecule has 2 heterocycles. The highest BCUT2D eigenvalue weighted by molar-refractivity contribution is 7.13. The van der Waals surface area contributed by atoms with E-state index < -0.39 is 0 Å². The third-order valence-electron chi connectivity index (χ3n) is 5.21. The zero-order chi connectivity index (χ0) is 21.2. The largest absolute Gasteiger partial charge is 0.402 e. The summed E-state index contributed by atoms with van der Waals surface area (Å²) < 4.78 is 1.79. The van der Waals surface area contributed by atoms with Gasteiger partial charge in [-0.15, -0.1) is 11.3 Å². The quantitative estimate of drug-likeness (QED) is 0.500. The van der Waals surface area contributed by atoms with Crippen LogP contribution in [0.25, 0.3) is 0 Å². The highest BCUT2D eigenvalue weighted by Gasteiger charge is 2.17. The number of carbonyl (C=O) groups excluding carboxylic acids is 2. The molecule has 0 saturated heterocycles. The molecule has 2 aromatic heterocycles. The molecule has 0 fully saturated rings. The minimum Gasteiger partial charge on any atom is -0.402 e. The Morgan fingerprint density at radius 3 is 2.72 bits per heavy atom. The SMILES string of the molecule is C[B]n1ccc(C(=O)NCC(=O)Nc2nc(C(CCC)CCC(C)CC)cs2)c1. The summed E-state index contributed by atoms with van der Waals surface area (Å²) in [6, 6.07) is 1.72. The average Bonchev–Trinajstić information content (AvgIpc) is 3.38. The van der Waals surface area contributed by atoms with Gasteiger partial charge in [0.15, 0.2) is 5.13 Å². The Labute approximate surface area is 178 Å². The van der Waals surface area contributed by atoms with Crippen molar-refractivity contribution in [1.29, 1.82) is 0 Å². The number of hydrogen-bond donors (Lipinski definition) is 2. The molecule has 2 N–H and O–H groups in total. The van der Waals surface area contributed by atoms with Gasteiger partial charge in [0.1, 0.15) is 0 Å². The van der Waals surface area contributed by atoms with E-state index in [-0.39, 0.29) is 18.4 Å². The molecular weight excluding hydrogens is 383 g/mol. The van der Waals surface area contributed by atoms with Crippen LogP contribution in [0, 0.1) is 5.92 Å². The van der Waals surface area contributed by atoms with Gasteiger partial charge in [0.05, 0.1) is 17.8 Å². The van der Waals surface area contributed by atoms with Crippen LogP contribution in [0.5, 0.6) is 0 Å². The lowest BCUT2D eigenvalue weighted by Crippen LogP contribution is -2.32. The van der Waals surface area contributed by atoms with E-state index in [2.05, 4.69) is 41.8 Å².